The molecule has 2 aliphatic rings. The first-order valence-electron chi connectivity index (χ1n) is 10.1. The molecule has 0 radical (unpaired) electrons. The summed E-state index contributed by atoms with van der Waals surface area (Å²) in [5.74, 6) is 1.90. The number of morpholine rings is 1. The normalized spacial score (nSPS) is 18.6. The van der Waals surface area contributed by atoms with Crippen molar-refractivity contribution in [1.82, 2.24) is 14.5 Å². The van der Waals surface area contributed by atoms with Crippen LogP contribution in [0, 0.1) is 5.41 Å². The van der Waals surface area contributed by atoms with Gasteiger partial charge in [-0.05, 0) is 43.2 Å². The van der Waals surface area contributed by atoms with Crippen LogP contribution in [0.4, 0.5) is 11.8 Å². The van der Waals surface area contributed by atoms with Gasteiger partial charge in [-0.3, -0.25) is 4.57 Å². The van der Waals surface area contributed by atoms with E-state index < -0.39 is 0 Å². The molecule has 1 saturated heterocycles. The molecule has 2 aromatic rings. The third-order valence-corrected chi connectivity index (χ3v) is 5.33. The third-order valence-electron chi connectivity index (χ3n) is 5.33. The smallest absolute Gasteiger partial charge is 0.209 e. The predicted octanol–water partition coefficient (Wildman–Crippen LogP) is 4.35. The average molecular weight is 370 g/mol. The molecule has 1 aliphatic heterocycles. The molecule has 0 aromatic carbocycles. The van der Waals surface area contributed by atoms with Gasteiger partial charge in [0.15, 0.2) is 5.65 Å². The van der Waals surface area contributed by atoms with Crippen molar-refractivity contribution in [3.8, 4) is 0 Å². The minimum atomic E-state index is 0.194. The van der Waals surface area contributed by atoms with E-state index in [1.54, 1.807) is 0 Å². The Kier molecular flexibility index (Phi) is 4.84. The Morgan fingerprint density at radius 3 is 2.59 bits per heavy atom. The highest BCUT2D eigenvalue weighted by Gasteiger charge is 2.27. The number of imidazole rings is 1. The summed E-state index contributed by atoms with van der Waals surface area (Å²) in [4.78, 5) is 12.2. The number of fused-ring (bicyclic) bond motifs is 1. The molecule has 0 spiro atoms. The van der Waals surface area contributed by atoms with Gasteiger partial charge in [0.1, 0.15) is 11.3 Å². The number of hydrogen-bond acceptors (Lipinski definition) is 5. The Bertz CT molecular complexity index is 825. The van der Waals surface area contributed by atoms with Crippen LogP contribution in [0.3, 0.4) is 0 Å². The van der Waals surface area contributed by atoms with E-state index in [1.165, 1.54) is 19.3 Å². The summed E-state index contributed by atoms with van der Waals surface area (Å²) in [6.07, 6.45) is 4.56. The molecule has 146 valence electrons. The molecule has 0 unspecified atom stereocenters. The van der Waals surface area contributed by atoms with Crippen LogP contribution in [0.2, 0.25) is 0 Å². The number of aromatic nitrogens is 3. The van der Waals surface area contributed by atoms with Crippen molar-refractivity contribution < 1.29 is 4.74 Å². The number of nitrogens with zero attached hydrogens (tertiary/aromatic N) is 4. The van der Waals surface area contributed by atoms with E-state index in [0.29, 0.717) is 6.04 Å². The van der Waals surface area contributed by atoms with Gasteiger partial charge in [-0.15, -0.1) is 0 Å². The largest absolute Gasteiger partial charge is 0.378 e. The number of ether oxygens (including phenoxy) is 1. The van der Waals surface area contributed by atoms with Crippen molar-refractivity contribution in [3.63, 3.8) is 0 Å². The van der Waals surface area contributed by atoms with E-state index in [9.17, 15) is 0 Å². The third kappa shape index (κ3) is 3.95. The summed E-state index contributed by atoms with van der Waals surface area (Å²) in [5.41, 5.74) is 3.13. The summed E-state index contributed by atoms with van der Waals surface area (Å²) in [6, 6.07) is 4.66. The number of anilines is 2. The van der Waals surface area contributed by atoms with Crippen LogP contribution in [0.5, 0.6) is 0 Å². The van der Waals surface area contributed by atoms with Gasteiger partial charge in [-0.25, -0.2) is 9.97 Å². The Labute approximate surface area is 161 Å². The molecule has 2 fully saturated rings. The van der Waals surface area contributed by atoms with Gasteiger partial charge in [-0.2, -0.15) is 0 Å². The minimum absolute atomic E-state index is 0.194. The SMILES string of the molecule is C=C(CC(C)(C)C)Nc1nc2ccc(N3CCOCC3)nc2n1C1CCC1. The first kappa shape index (κ1) is 18.3. The van der Waals surface area contributed by atoms with E-state index >= 15 is 0 Å². The highest BCUT2D eigenvalue weighted by molar-refractivity contribution is 5.77. The number of nitrogens with one attached hydrogen (secondary N) is 1. The molecule has 3 heterocycles. The molecule has 0 atom stereocenters. The first-order valence-corrected chi connectivity index (χ1v) is 10.1. The summed E-state index contributed by atoms with van der Waals surface area (Å²) in [6.45, 7) is 14.2. The van der Waals surface area contributed by atoms with E-state index in [1.807, 2.05) is 0 Å². The molecule has 27 heavy (non-hydrogen) atoms. The maximum Gasteiger partial charge on any atom is 0.209 e. The van der Waals surface area contributed by atoms with E-state index in [-0.39, 0.29) is 5.41 Å². The summed E-state index contributed by atoms with van der Waals surface area (Å²) in [7, 11) is 0. The van der Waals surface area contributed by atoms with Gasteiger partial charge in [0, 0.05) is 24.8 Å². The predicted molar refractivity (Wildman–Crippen MR) is 110 cm³/mol. The molecular formula is C21H31N5O. The van der Waals surface area contributed by atoms with Crippen molar-refractivity contribution in [3.05, 3.63) is 24.4 Å². The van der Waals surface area contributed by atoms with Crippen LogP contribution in [-0.4, -0.2) is 40.8 Å². The van der Waals surface area contributed by atoms with Crippen molar-refractivity contribution >= 4 is 22.9 Å². The Morgan fingerprint density at radius 1 is 1.22 bits per heavy atom. The Morgan fingerprint density at radius 2 is 1.96 bits per heavy atom. The zero-order valence-electron chi connectivity index (χ0n) is 16.8. The maximum atomic E-state index is 5.48. The molecular weight excluding hydrogens is 338 g/mol. The van der Waals surface area contributed by atoms with Crippen molar-refractivity contribution in [2.45, 2.75) is 52.5 Å². The monoisotopic (exact) mass is 369 g/mol. The van der Waals surface area contributed by atoms with E-state index in [2.05, 4.69) is 54.3 Å². The second-order valence-corrected chi connectivity index (χ2v) is 8.97. The lowest BCUT2D eigenvalue weighted by molar-refractivity contribution is 0.122. The van der Waals surface area contributed by atoms with Gasteiger partial charge < -0.3 is 15.0 Å². The number of hydrogen-bond donors (Lipinski definition) is 1. The lowest BCUT2D eigenvalue weighted by atomic mass is 9.91. The number of rotatable bonds is 5. The molecule has 2 aromatic heterocycles. The lowest BCUT2D eigenvalue weighted by Crippen LogP contribution is -2.36. The molecule has 1 N–H and O–H groups in total. The van der Waals surface area contributed by atoms with Gasteiger partial charge >= 0.3 is 0 Å². The standard InChI is InChI=1S/C21H31N5O/c1-15(14-21(2,3)4)22-20-23-17-8-9-18(25-10-12-27-13-11-25)24-19(17)26(20)16-6-5-7-16/h8-9,16H,1,5-7,10-14H2,2-4H3,(H,22,23). The van der Waals surface area contributed by atoms with Crippen molar-refractivity contribution in [2.75, 3.05) is 36.5 Å². The highest BCUT2D eigenvalue weighted by atomic mass is 16.5. The summed E-state index contributed by atoms with van der Waals surface area (Å²) >= 11 is 0. The molecule has 6 heteroatoms. The van der Waals surface area contributed by atoms with Crippen molar-refractivity contribution in [1.29, 1.82) is 0 Å². The first-order chi connectivity index (χ1) is 12.9. The molecule has 1 saturated carbocycles. The van der Waals surface area contributed by atoms with Gasteiger partial charge in [0.2, 0.25) is 5.95 Å². The topological polar surface area (TPSA) is 55.2 Å². The van der Waals surface area contributed by atoms with Gasteiger partial charge in [0.05, 0.1) is 13.2 Å². The average Bonchev–Trinajstić information content (AvgIpc) is 2.89. The van der Waals surface area contributed by atoms with Crippen molar-refractivity contribution in [2.24, 2.45) is 5.41 Å². The van der Waals surface area contributed by atoms with E-state index in [0.717, 1.165) is 61.4 Å². The van der Waals surface area contributed by atoms with Gasteiger partial charge in [-0.1, -0.05) is 27.4 Å². The molecule has 1 aliphatic carbocycles. The minimum Gasteiger partial charge on any atom is -0.378 e. The zero-order valence-corrected chi connectivity index (χ0v) is 16.8. The summed E-state index contributed by atoms with van der Waals surface area (Å²) in [5, 5.41) is 3.49. The van der Waals surface area contributed by atoms with Crippen LogP contribution < -0.4 is 10.2 Å². The fourth-order valence-corrected chi connectivity index (χ4v) is 3.85. The lowest BCUT2D eigenvalue weighted by Gasteiger charge is -2.30. The fraction of sp³-hybridized carbons (Fsp3) is 0.619. The van der Waals surface area contributed by atoms with Crippen LogP contribution in [0.25, 0.3) is 11.2 Å². The van der Waals surface area contributed by atoms with Crippen LogP contribution in [0.15, 0.2) is 24.4 Å². The second-order valence-electron chi connectivity index (χ2n) is 8.97. The van der Waals surface area contributed by atoms with Gasteiger partial charge in [0.25, 0.3) is 0 Å². The number of allylic oxidation sites excluding steroid dienone is 1. The molecule has 0 bridgehead atoms. The van der Waals surface area contributed by atoms with E-state index in [4.69, 9.17) is 14.7 Å². The molecule has 4 rings (SSSR count). The molecule has 6 nitrogen and oxygen atoms in total. The highest BCUT2D eigenvalue weighted by Crippen LogP contribution is 2.38. The fourth-order valence-electron chi connectivity index (χ4n) is 3.85. The van der Waals surface area contributed by atoms with Crippen LogP contribution in [-0.2, 0) is 4.74 Å². The van der Waals surface area contributed by atoms with Crippen LogP contribution in [0.1, 0.15) is 52.5 Å². The van der Waals surface area contributed by atoms with Crippen LogP contribution >= 0.6 is 0 Å². The maximum absolute atomic E-state index is 5.48. The Hall–Kier alpha value is -2.08. The summed E-state index contributed by atoms with van der Waals surface area (Å²) < 4.78 is 7.78. The second kappa shape index (κ2) is 7.15. The number of pyridine rings is 1. The zero-order chi connectivity index (χ0) is 19.0. The quantitative estimate of drug-likeness (QED) is 0.849. The molecule has 0 amide bonds. The Balaban J connectivity index is 1.67.